The average molecular weight is 271 g/mol. The number of rotatable bonds is 4. The number of halogens is 1. The highest BCUT2D eigenvalue weighted by molar-refractivity contribution is 6.32. The third-order valence-electron chi connectivity index (χ3n) is 2.94. The molecule has 0 aliphatic heterocycles. The van der Waals surface area contributed by atoms with Gasteiger partial charge in [-0.2, -0.15) is 5.26 Å². The monoisotopic (exact) mass is 270 g/mol. The average Bonchev–Trinajstić information content (AvgIpc) is 2.39. The molecule has 0 saturated carbocycles. The minimum Gasteiger partial charge on any atom is -0.384 e. The fourth-order valence-corrected chi connectivity index (χ4v) is 2.21. The van der Waals surface area contributed by atoms with Gasteiger partial charge in [0.15, 0.2) is 0 Å². The van der Waals surface area contributed by atoms with Gasteiger partial charge < -0.3 is 5.32 Å². The number of nitrogens with zero attached hydrogens (tertiary/aromatic N) is 1. The number of benzene rings is 2. The number of hydrogen-bond acceptors (Lipinski definition) is 2. The maximum absolute atomic E-state index is 9.08. The zero-order chi connectivity index (χ0) is 13.7. The first kappa shape index (κ1) is 13.5. The maximum atomic E-state index is 9.08. The molecular formula is C16H15ClN2. The largest absolute Gasteiger partial charge is 0.384 e. The van der Waals surface area contributed by atoms with E-state index in [4.69, 9.17) is 16.9 Å². The first-order valence-corrected chi connectivity index (χ1v) is 6.56. The van der Waals surface area contributed by atoms with E-state index in [-0.39, 0.29) is 0 Å². The molecule has 96 valence electrons. The topological polar surface area (TPSA) is 35.8 Å². The van der Waals surface area contributed by atoms with Crippen LogP contribution in [0.15, 0.2) is 42.5 Å². The van der Waals surface area contributed by atoms with Gasteiger partial charge in [0.2, 0.25) is 0 Å². The van der Waals surface area contributed by atoms with E-state index < -0.39 is 0 Å². The first-order valence-electron chi connectivity index (χ1n) is 6.19. The first-order chi connectivity index (χ1) is 9.20. The molecule has 0 unspecified atom stereocenters. The second-order valence-corrected chi connectivity index (χ2v) is 4.85. The van der Waals surface area contributed by atoms with E-state index in [1.807, 2.05) is 12.1 Å². The van der Waals surface area contributed by atoms with Crippen LogP contribution in [0.3, 0.4) is 0 Å². The van der Waals surface area contributed by atoms with Crippen molar-refractivity contribution in [3.8, 4) is 6.07 Å². The van der Waals surface area contributed by atoms with Crippen molar-refractivity contribution in [2.75, 3.05) is 11.9 Å². The quantitative estimate of drug-likeness (QED) is 0.905. The summed E-state index contributed by atoms with van der Waals surface area (Å²) in [5.41, 5.74) is 3.85. The van der Waals surface area contributed by atoms with Crippen LogP contribution in [0.1, 0.15) is 16.7 Å². The molecule has 0 radical (unpaired) electrons. The Kier molecular flexibility index (Phi) is 4.43. The molecule has 0 spiro atoms. The van der Waals surface area contributed by atoms with Crippen LogP contribution in [-0.4, -0.2) is 6.54 Å². The molecule has 0 heterocycles. The predicted molar refractivity (Wildman–Crippen MR) is 79.5 cm³/mol. The van der Waals surface area contributed by atoms with Crippen LogP contribution in [0.4, 0.5) is 5.69 Å². The molecule has 0 saturated heterocycles. The number of hydrogen-bond donors (Lipinski definition) is 1. The van der Waals surface area contributed by atoms with Crippen molar-refractivity contribution in [1.29, 1.82) is 5.26 Å². The third kappa shape index (κ3) is 3.49. The number of nitriles is 1. The fraction of sp³-hybridized carbons (Fsp3) is 0.188. The molecule has 2 aromatic carbocycles. The molecule has 0 fully saturated rings. The van der Waals surface area contributed by atoms with Crippen LogP contribution in [0.2, 0.25) is 5.02 Å². The zero-order valence-electron chi connectivity index (χ0n) is 10.8. The van der Waals surface area contributed by atoms with Crippen molar-refractivity contribution in [1.82, 2.24) is 0 Å². The molecule has 2 rings (SSSR count). The van der Waals surface area contributed by atoms with Crippen molar-refractivity contribution in [2.45, 2.75) is 13.3 Å². The van der Waals surface area contributed by atoms with Crippen LogP contribution in [0, 0.1) is 18.3 Å². The van der Waals surface area contributed by atoms with Gasteiger partial charge in [0.25, 0.3) is 0 Å². The predicted octanol–water partition coefficient (Wildman–Crippen LogP) is 4.17. The van der Waals surface area contributed by atoms with Gasteiger partial charge in [0.1, 0.15) is 6.07 Å². The van der Waals surface area contributed by atoms with E-state index in [2.05, 4.69) is 42.6 Å². The normalized spacial score (nSPS) is 9.95. The van der Waals surface area contributed by atoms with Crippen LogP contribution in [0.25, 0.3) is 0 Å². The van der Waals surface area contributed by atoms with Crippen molar-refractivity contribution in [3.63, 3.8) is 0 Å². The Balaban J connectivity index is 2.00. The highest BCUT2D eigenvalue weighted by atomic mass is 35.5. The van der Waals surface area contributed by atoms with Gasteiger partial charge in [-0.05, 0) is 31.0 Å². The van der Waals surface area contributed by atoms with Crippen LogP contribution >= 0.6 is 11.6 Å². The summed E-state index contributed by atoms with van der Waals surface area (Å²) < 4.78 is 0. The smallest absolute Gasteiger partial charge is 0.103 e. The summed E-state index contributed by atoms with van der Waals surface area (Å²) >= 11 is 5.98. The Labute approximate surface area is 118 Å². The van der Waals surface area contributed by atoms with E-state index in [0.717, 1.165) is 18.7 Å². The van der Waals surface area contributed by atoms with E-state index in [9.17, 15) is 0 Å². The molecule has 1 N–H and O–H groups in total. The van der Waals surface area contributed by atoms with Crippen LogP contribution in [0.5, 0.6) is 0 Å². The SMILES string of the molecule is Cc1cccc(CCNc2cccc(Cl)c2C#N)c1. The van der Waals surface area contributed by atoms with Gasteiger partial charge in [-0.3, -0.25) is 0 Å². The molecule has 0 amide bonds. The molecule has 0 aliphatic carbocycles. The van der Waals surface area contributed by atoms with Crippen molar-refractivity contribution in [2.24, 2.45) is 0 Å². The Morgan fingerprint density at radius 2 is 2.00 bits per heavy atom. The lowest BCUT2D eigenvalue weighted by atomic mass is 10.1. The van der Waals surface area contributed by atoms with E-state index in [1.54, 1.807) is 6.07 Å². The molecule has 2 aromatic rings. The summed E-state index contributed by atoms with van der Waals surface area (Å²) in [7, 11) is 0. The van der Waals surface area contributed by atoms with Gasteiger partial charge in [-0.25, -0.2) is 0 Å². The van der Waals surface area contributed by atoms with Crippen molar-refractivity contribution >= 4 is 17.3 Å². The number of aryl methyl sites for hydroxylation is 1. The van der Waals surface area contributed by atoms with E-state index in [1.165, 1.54) is 11.1 Å². The fourth-order valence-electron chi connectivity index (χ4n) is 1.99. The minimum atomic E-state index is 0.489. The summed E-state index contributed by atoms with van der Waals surface area (Å²) in [6.07, 6.45) is 0.916. The number of nitrogens with one attached hydrogen (secondary N) is 1. The maximum Gasteiger partial charge on any atom is 0.103 e. The molecule has 0 aliphatic rings. The summed E-state index contributed by atoms with van der Waals surface area (Å²) in [4.78, 5) is 0. The zero-order valence-corrected chi connectivity index (χ0v) is 11.5. The standard InChI is InChI=1S/C16H15ClN2/c1-12-4-2-5-13(10-12)8-9-19-16-7-3-6-15(17)14(16)11-18/h2-7,10,19H,8-9H2,1H3. The lowest BCUT2D eigenvalue weighted by Gasteiger charge is -2.09. The Bertz CT molecular complexity index is 614. The van der Waals surface area contributed by atoms with Gasteiger partial charge in [-0.15, -0.1) is 0 Å². The summed E-state index contributed by atoms with van der Waals surface area (Å²) in [5.74, 6) is 0. The number of anilines is 1. The highest BCUT2D eigenvalue weighted by Crippen LogP contribution is 2.23. The van der Waals surface area contributed by atoms with Crippen LogP contribution in [-0.2, 0) is 6.42 Å². The van der Waals surface area contributed by atoms with Gasteiger partial charge in [0.05, 0.1) is 16.3 Å². The minimum absolute atomic E-state index is 0.489. The lowest BCUT2D eigenvalue weighted by molar-refractivity contribution is 1.02. The Morgan fingerprint density at radius 1 is 1.21 bits per heavy atom. The Hall–Kier alpha value is -1.98. The summed E-state index contributed by atoms with van der Waals surface area (Å²) in [6, 6.07) is 16.0. The molecule has 0 bridgehead atoms. The second-order valence-electron chi connectivity index (χ2n) is 4.44. The van der Waals surface area contributed by atoms with Gasteiger partial charge in [-0.1, -0.05) is 47.5 Å². The van der Waals surface area contributed by atoms with Crippen LogP contribution < -0.4 is 5.32 Å². The Morgan fingerprint density at radius 3 is 2.74 bits per heavy atom. The molecular weight excluding hydrogens is 256 g/mol. The van der Waals surface area contributed by atoms with Crippen molar-refractivity contribution in [3.05, 3.63) is 64.2 Å². The second kappa shape index (κ2) is 6.26. The molecule has 2 nitrogen and oxygen atoms in total. The third-order valence-corrected chi connectivity index (χ3v) is 3.25. The molecule has 0 atom stereocenters. The highest BCUT2D eigenvalue weighted by Gasteiger charge is 2.05. The van der Waals surface area contributed by atoms with E-state index >= 15 is 0 Å². The molecule has 3 heteroatoms. The van der Waals surface area contributed by atoms with Gasteiger partial charge >= 0.3 is 0 Å². The van der Waals surface area contributed by atoms with Gasteiger partial charge in [0, 0.05) is 6.54 Å². The summed E-state index contributed by atoms with van der Waals surface area (Å²) in [6.45, 7) is 2.86. The molecule has 19 heavy (non-hydrogen) atoms. The van der Waals surface area contributed by atoms with E-state index in [0.29, 0.717) is 10.6 Å². The molecule has 0 aromatic heterocycles. The summed E-state index contributed by atoms with van der Waals surface area (Å²) in [5, 5.41) is 12.8. The van der Waals surface area contributed by atoms with Crippen molar-refractivity contribution < 1.29 is 0 Å². The lowest BCUT2D eigenvalue weighted by Crippen LogP contribution is -2.06.